The fourth-order valence-corrected chi connectivity index (χ4v) is 3.04. The highest BCUT2D eigenvalue weighted by Gasteiger charge is 2.54. The van der Waals surface area contributed by atoms with Gasteiger partial charge >= 0.3 is 11.2 Å². The van der Waals surface area contributed by atoms with Gasteiger partial charge in [-0.1, -0.05) is 18.2 Å². The minimum atomic E-state index is -5.30. The van der Waals surface area contributed by atoms with Crippen LogP contribution in [-0.2, 0) is 21.7 Å². The van der Waals surface area contributed by atoms with Gasteiger partial charge in [0.25, 0.3) is 9.84 Å². The van der Waals surface area contributed by atoms with Crippen LogP contribution in [0.4, 0.5) is 8.78 Å². The van der Waals surface area contributed by atoms with E-state index in [-0.39, 0.29) is 5.39 Å². The first-order valence-electron chi connectivity index (χ1n) is 5.09. The lowest BCUT2D eigenvalue weighted by Gasteiger charge is -2.11. The minimum absolute atomic E-state index is 0.0610. The number of aryl methyl sites for hydroxylation is 1. The van der Waals surface area contributed by atoms with Crippen molar-refractivity contribution in [3.05, 3.63) is 30.5 Å². The van der Waals surface area contributed by atoms with E-state index >= 15 is 0 Å². The molecular weight excluding hydrogens is 280 g/mol. The molecule has 1 aromatic carbocycles. The van der Waals surface area contributed by atoms with Crippen molar-refractivity contribution in [2.75, 3.05) is 0 Å². The molecule has 0 amide bonds. The van der Waals surface area contributed by atoms with Crippen LogP contribution in [0.5, 0.6) is 0 Å². The van der Waals surface area contributed by atoms with Crippen molar-refractivity contribution in [3.63, 3.8) is 0 Å². The largest absolute Gasteiger partial charge is 0.476 e. The highest BCUT2D eigenvalue weighted by atomic mass is 32.2. The lowest BCUT2D eigenvalue weighted by atomic mass is 10.2. The average Bonchev–Trinajstić information content (AvgIpc) is 2.68. The molecule has 0 unspecified atom stereocenters. The molecule has 0 saturated carbocycles. The summed E-state index contributed by atoms with van der Waals surface area (Å²) >= 11 is 0. The molecule has 2 aromatic rings. The first-order valence-corrected chi connectivity index (χ1v) is 6.58. The number of carbonyl (C=O) groups is 1. The number of para-hydroxylation sites is 1. The number of rotatable bonds is 3. The zero-order valence-corrected chi connectivity index (χ0v) is 10.5. The number of fused-ring (bicyclic) bond motifs is 1. The molecule has 0 bridgehead atoms. The van der Waals surface area contributed by atoms with Crippen LogP contribution in [-0.4, -0.2) is 29.3 Å². The number of hydrogen-bond acceptors (Lipinski definition) is 3. The Morgan fingerprint density at radius 1 is 1.32 bits per heavy atom. The second-order valence-electron chi connectivity index (χ2n) is 3.95. The number of nitrogens with zero attached hydrogens (tertiary/aromatic N) is 1. The number of alkyl halides is 2. The van der Waals surface area contributed by atoms with Crippen LogP contribution >= 0.6 is 0 Å². The molecule has 1 aromatic heterocycles. The Bertz CT molecular complexity index is 764. The summed E-state index contributed by atoms with van der Waals surface area (Å²) in [7, 11) is -3.81. The lowest BCUT2D eigenvalue weighted by molar-refractivity contribution is -0.153. The third-order valence-corrected chi connectivity index (χ3v) is 4.49. The Morgan fingerprint density at radius 2 is 1.89 bits per heavy atom. The number of aliphatic carboxylic acids is 1. The van der Waals surface area contributed by atoms with Gasteiger partial charge in [0.05, 0.1) is 4.90 Å². The standard InChI is InChI=1S/C11H9F2NO4S/c1-14-6-9(7-4-2-3-5-8(7)14)19(17,18)11(12,13)10(15)16/h2-6H,1H3,(H,15,16). The molecule has 102 valence electrons. The Balaban J connectivity index is 2.79. The maximum Gasteiger partial charge on any atom is 0.444 e. The zero-order chi connectivity index (χ0) is 14.4. The van der Waals surface area contributed by atoms with Gasteiger partial charge in [-0.25, -0.2) is 13.2 Å². The highest BCUT2D eigenvalue weighted by molar-refractivity contribution is 7.93. The summed E-state index contributed by atoms with van der Waals surface area (Å²) < 4.78 is 51.6. The molecule has 0 aliphatic carbocycles. The van der Waals surface area contributed by atoms with E-state index in [4.69, 9.17) is 5.11 Å². The first kappa shape index (κ1) is 13.5. The second-order valence-corrected chi connectivity index (χ2v) is 5.91. The zero-order valence-electron chi connectivity index (χ0n) is 9.67. The quantitative estimate of drug-likeness (QED) is 0.931. The molecular formula is C11H9F2NO4S. The first-order chi connectivity index (χ1) is 8.69. The Labute approximate surface area is 107 Å². The van der Waals surface area contributed by atoms with Crippen LogP contribution < -0.4 is 0 Å². The molecule has 0 atom stereocenters. The molecule has 0 radical (unpaired) electrons. The van der Waals surface area contributed by atoms with Crippen molar-refractivity contribution in [2.45, 2.75) is 10.2 Å². The summed E-state index contributed by atoms with van der Waals surface area (Å²) in [6.45, 7) is 0. The number of carboxylic acid groups (broad SMARTS) is 1. The van der Waals surface area contributed by atoms with Crippen LogP contribution in [0, 0.1) is 0 Å². The van der Waals surface area contributed by atoms with Crippen LogP contribution in [0.25, 0.3) is 10.9 Å². The van der Waals surface area contributed by atoms with Crippen molar-refractivity contribution >= 4 is 26.7 Å². The van der Waals surface area contributed by atoms with Crippen LogP contribution in [0.3, 0.4) is 0 Å². The van der Waals surface area contributed by atoms with E-state index in [1.807, 2.05) is 0 Å². The Morgan fingerprint density at radius 3 is 2.47 bits per heavy atom. The molecule has 0 aliphatic heterocycles. The summed E-state index contributed by atoms with van der Waals surface area (Å²) in [5.74, 6) is -2.69. The second kappa shape index (κ2) is 4.02. The highest BCUT2D eigenvalue weighted by Crippen LogP contribution is 2.34. The SMILES string of the molecule is Cn1cc(S(=O)(=O)C(F)(F)C(=O)O)c2ccccc21. The molecule has 0 spiro atoms. The van der Waals surface area contributed by atoms with E-state index in [1.54, 1.807) is 12.1 Å². The molecule has 2 rings (SSSR count). The molecule has 0 fully saturated rings. The van der Waals surface area contributed by atoms with Gasteiger partial charge < -0.3 is 9.67 Å². The summed E-state index contributed by atoms with van der Waals surface area (Å²) in [6, 6.07) is 6.00. The van der Waals surface area contributed by atoms with Gasteiger partial charge in [0.2, 0.25) is 0 Å². The molecule has 0 aliphatic rings. The van der Waals surface area contributed by atoms with E-state index in [0.29, 0.717) is 5.52 Å². The number of carboxylic acids is 1. The predicted molar refractivity (Wildman–Crippen MR) is 62.7 cm³/mol. The van der Waals surface area contributed by atoms with Crippen molar-refractivity contribution in [1.82, 2.24) is 4.57 Å². The molecule has 5 nitrogen and oxygen atoms in total. The van der Waals surface area contributed by atoms with Gasteiger partial charge in [-0.3, -0.25) is 0 Å². The van der Waals surface area contributed by atoms with Crippen molar-refractivity contribution in [3.8, 4) is 0 Å². The molecule has 0 saturated heterocycles. The number of benzene rings is 1. The normalized spacial score (nSPS) is 12.8. The molecule has 19 heavy (non-hydrogen) atoms. The van der Waals surface area contributed by atoms with Gasteiger partial charge in [-0.15, -0.1) is 0 Å². The Hall–Kier alpha value is -1.96. The van der Waals surface area contributed by atoms with Crippen LogP contribution in [0.15, 0.2) is 35.4 Å². The van der Waals surface area contributed by atoms with Crippen molar-refractivity contribution in [2.24, 2.45) is 7.05 Å². The van der Waals surface area contributed by atoms with E-state index in [9.17, 15) is 22.0 Å². The van der Waals surface area contributed by atoms with Crippen molar-refractivity contribution in [1.29, 1.82) is 0 Å². The van der Waals surface area contributed by atoms with Gasteiger partial charge in [0.1, 0.15) is 0 Å². The minimum Gasteiger partial charge on any atom is -0.476 e. The topological polar surface area (TPSA) is 76.4 Å². The third kappa shape index (κ3) is 1.79. The maximum absolute atomic E-state index is 13.4. The van der Waals surface area contributed by atoms with E-state index in [1.165, 1.54) is 23.7 Å². The third-order valence-electron chi connectivity index (χ3n) is 2.74. The summed E-state index contributed by atoms with van der Waals surface area (Å²) in [5, 5.41) is 3.58. The number of aromatic nitrogens is 1. The van der Waals surface area contributed by atoms with Gasteiger partial charge in [-0.2, -0.15) is 8.78 Å². The van der Waals surface area contributed by atoms with Crippen LogP contribution in [0.2, 0.25) is 0 Å². The number of hydrogen-bond donors (Lipinski definition) is 1. The van der Waals surface area contributed by atoms with Gasteiger partial charge in [-0.05, 0) is 6.07 Å². The summed E-state index contributed by atoms with van der Waals surface area (Å²) in [4.78, 5) is 9.75. The smallest absolute Gasteiger partial charge is 0.444 e. The van der Waals surface area contributed by atoms with Gasteiger partial charge in [0, 0.05) is 24.1 Å². The summed E-state index contributed by atoms with van der Waals surface area (Å²) in [6.07, 6.45) is 0.983. The molecule has 8 heteroatoms. The van der Waals surface area contributed by atoms with Crippen molar-refractivity contribution < 1.29 is 27.1 Å². The number of sulfone groups is 1. The molecule has 1 N–H and O–H groups in total. The predicted octanol–water partition coefficient (Wildman–Crippen LogP) is 1.63. The van der Waals surface area contributed by atoms with Gasteiger partial charge in [0.15, 0.2) is 0 Å². The fraction of sp³-hybridized carbons (Fsp3) is 0.182. The van der Waals surface area contributed by atoms with E-state index in [2.05, 4.69) is 0 Å². The average molecular weight is 289 g/mol. The van der Waals surface area contributed by atoms with E-state index in [0.717, 1.165) is 6.20 Å². The number of halogens is 2. The fourth-order valence-electron chi connectivity index (χ4n) is 1.77. The monoisotopic (exact) mass is 289 g/mol. The Kier molecular flexibility index (Phi) is 2.85. The lowest BCUT2D eigenvalue weighted by Crippen LogP contribution is -2.37. The summed E-state index contributed by atoms with van der Waals surface area (Å²) in [5.41, 5.74) is 0.419. The molecule has 1 heterocycles. The van der Waals surface area contributed by atoms with Crippen LogP contribution in [0.1, 0.15) is 0 Å². The van der Waals surface area contributed by atoms with E-state index < -0.39 is 26.0 Å². The maximum atomic E-state index is 13.4.